The molecule has 70 valence electrons. The van der Waals surface area contributed by atoms with Gasteiger partial charge in [-0.15, -0.1) is 0 Å². The van der Waals surface area contributed by atoms with Crippen LogP contribution in [0.3, 0.4) is 0 Å². The molecule has 3 N–H and O–H groups in total. The molecular weight excluding hydrogens is 161 g/mol. The maximum atomic E-state index is 11.6. The molecule has 0 saturated heterocycles. The van der Waals surface area contributed by atoms with Gasteiger partial charge in [0.1, 0.15) is 0 Å². The van der Waals surface area contributed by atoms with Gasteiger partial charge < -0.3 is 10.8 Å². The van der Waals surface area contributed by atoms with Crippen LogP contribution in [0.4, 0.5) is 4.39 Å². The van der Waals surface area contributed by atoms with Crippen molar-refractivity contribution in [2.45, 2.75) is 25.7 Å². The molecule has 4 heteroatoms. The van der Waals surface area contributed by atoms with E-state index in [9.17, 15) is 9.18 Å². The van der Waals surface area contributed by atoms with Crippen LogP contribution in [0.2, 0.25) is 0 Å². The zero-order valence-electron chi connectivity index (χ0n) is 6.92. The summed E-state index contributed by atoms with van der Waals surface area (Å²) in [4.78, 5) is 10.4. The van der Waals surface area contributed by atoms with Crippen molar-refractivity contribution in [3.05, 3.63) is 11.8 Å². The standard InChI is InChI=1S/C8H14FNO2/c9-5-3-1-2-4-7(6-10)8(11)12/h6H,1-5,10H2,(H,11,12). The van der Waals surface area contributed by atoms with E-state index in [0.717, 1.165) is 6.20 Å². The lowest BCUT2D eigenvalue weighted by atomic mass is 10.1. The second-order valence-corrected chi connectivity index (χ2v) is 2.50. The first-order valence-corrected chi connectivity index (χ1v) is 3.92. The average Bonchev–Trinajstić information content (AvgIpc) is 2.04. The van der Waals surface area contributed by atoms with Crippen molar-refractivity contribution >= 4 is 5.97 Å². The molecule has 0 bridgehead atoms. The third kappa shape index (κ3) is 4.71. The van der Waals surface area contributed by atoms with Crippen molar-refractivity contribution in [3.8, 4) is 0 Å². The van der Waals surface area contributed by atoms with Crippen LogP contribution >= 0.6 is 0 Å². The first-order valence-electron chi connectivity index (χ1n) is 3.92. The van der Waals surface area contributed by atoms with E-state index in [0.29, 0.717) is 25.7 Å². The minimum atomic E-state index is -0.988. The molecular formula is C8H14FNO2. The Hall–Kier alpha value is -1.06. The molecule has 0 aliphatic rings. The fraction of sp³-hybridized carbons (Fsp3) is 0.625. The molecule has 0 radical (unpaired) electrons. The van der Waals surface area contributed by atoms with Crippen LogP contribution in [-0.4, -0.2) is 17.8 Å². The molecule has 0 aromatic heterocycles. The second-order valence-electron chi connectivity index (χ2n) is 2.50. The van der Waals surface area contributed by atoms with Crippen LogP contribution in [0.1, 0.15) is 25.7 Å². The van der Waals surface area contributed by atoms with E-state index in [4.69, 9.17) is 10.8 Å². The summed E-state index contributed by atoms with van der Waals surface area (Å²) >= 11 is 0. The van der Waals surface area contributed by atoms with E-state index >= 15 is 0 Å². The fourth-order valence-corrected chi connectivity index (χ4v) is 0.848. The molecule has 0 unspecified atom stereocenters. The molecule has 12 heavy (non-hydrogen) atoms. The highest BCUT2D eigenvalue weighted by molar-refractivity contribution is 5.86. The van der Waals surface area contributed by atoms with Gasteiger partial charge in [0, 0.05) is 6.20 Å². The minimum Gasteiger partial charge on any atom is -0.478 e. The van der Waals surface area contributed by atoms with E-state index in [-0.39, 0.29) is 12.2 Å². The number of unbranched alkanes of at least 4 members (excludes halogenated alkanes) is 2. The van der Waals surface area contributed by atoms with Crippen LogP contribution in [0, 0.1) is 0 Å². The maximum absolute atomic E-state index is 11.6. The Bertz CT molecular complexity index is 168. The largest absolute Gasteiger partial charge is 0.478 e. The van der Waals surface area contributed by atoms with Crippen LogP contribution in [-0.2, 0) is 4.79 Å². The van der Waals surface area contributed by atoms with Gasteiger partial charge in [0.15, 0.2) is 0 Å². The first kappa shape index (κ1) is 10.9. The highest BCUT2D eigenvalue weighted by Crippen LogP contribution is 2.07. The molecule has 3 nitrogen and oxygen atoms in total. The number of nitrogens with two attached hydrogens (primary N) is 1. The lowest BCUT2D eigenvalue weighted by Gasteiger charge is -1.99. The topological polar surface area (TPSA) is 63.3 Å². The van der Waals surface area contributed by atoms with E-state index in [1.54, 1.807) is 0 Å². The maximum Gasteiger partial charge on any atom is 0.333 e. The quantitative estimate of drug-likeness (QED) is 0.474. The Morgan fingerprint density at radius 1 is 1.42 bits per heavy atom. The highest BCUT2D eigenvalue weighted by atomic mass is 19.1. The van der Waals surface area contributed by atoms with E-state index in [1.807, 2.05) is 0 Å². The van der Waals surface area contributed by atoms with Crippen molar-refractivity contribution < 1.29 is 14.3 Å². The summed E-state index contributed by atoms with van der Waals surface area (Å²) in [6.45, 7) is -0.339. The predicted octanol–water partition coefficient (Wildman–Crippen LogP) is 1.44. The van der Waals surface area contributed by atoms with Gasteiger partial charge in [-0.2, -0.15) is 0 Å². The van der Waals surface area contributed by atoms with E-state index in [1.165, 1.54) is 0 Å². The van der Waals surface area contributed by atoms with Crippen molar-refractivity contribution in [1.82, 2.24) is 0 Å². The molecule has 0 aliphatic heterocycles. The summed E-state index contributed by atoms with van der Waals surface area (Å²) in [5.41, 5.74) is 5.27. The van der Waals surface area contributed by atoms with Crippen molar-refractivity contribution in [2.75, 3.05) is 6.67 Å². The smallest absolute Gasteiger partial charge is 0.333 e. The highest BCUT2D eigenvalue weighted by Gasteiger charge is 2.04. The van der Waals surface area contributed by atoms with Crippen molar-refractivity contribution in [3.63, 3.8) is 0 Å². The Labute approximate surface area is 71.1 Å². The number of alkyl halides is 1. The molecule has 0 heterocycles. The van der Waals surface area contributed by atoms with Crippen LogP contribution in [0.5, 0.6) is 0 Å². The summed E-state index contributed by atoms with van der Waals surface area (Å²) in [7, 11) is 0. The van der Waals surface area contributed by atoms with Gasteiger partial charge in [0.25, 0.3) is 0 Å². The van der Waals surface area contributed by atoms with Crippen LogP contribution in [0.15, 0.2) is 11.8 Å². The van der Waals surface area contributed by atoms with Gasteiger partial charge >= 0.3 is 5.97 Å². The van der Waals surface area contributed by atoms with Gasteiger partial charge in [-0.05, 0) is 19.3 Å². The number of halogens is 1. The first-order chi connectivity index (χ1) is 5.72. The SMILES string of the molecule is NC=C(CCCCCF)C(=O)O. The monoisotopic (exact) mass is 175 g/mol. The molecule has 0 aromatic carbocycles. The Kier molecular flexibility index (Phi) is 6.05. The van der Waals surface area contributed by atoms with Gasteiger partial charge in [-0.1, -0.05) is 6.42 Å². The third-order valence-corrected chi connectivity index (χ3v) is 1.56. The van der Waals surface area contributed by atoms with Gasteiger partial charge in [-0.3, -0.25) is 4.39 Å². The van der Waals surface area contributed by atoms with Gasteiger partial charge in [0.2, 0.25) is 0 Å². The Morgan fingerprint density at radius 3 is 2.50 bits per heavy atom. The summed E-state index contributed by atoms with van der Waals surface area (Å²) in [5, 5.41) is 8.51. The number of hydrogen-bond donors (Lipinski definition) is 2. The van der Waals surface area contributed by atoms with Gasteiger partial charge in [0.05, 0.1) is 12.2 Å². The Balaban J connectivity index is 3.54. The molecule has 0 saturated carbocycles. The number of aliphatic carboxylic acids is 1. The second kappa shape index (κ2) is 6.64. The minimum absolute atomic E-state index is 0.203. The third-order valence-electron chi connectivity index (χ3n) is 1.56. The summed E-state index contributed by atoms with van der Waals surface area (Å²) in [6, 6.07) is 0. The lowest BCUT2D eigenvalue weighted by molar-refractivity contribution is -0.132. The van der Waals surface area contributed by atoms with Crippen molar-refractivity contribution in [2.24, 2.45) is 5.73 Å². The molecule has 0 atom stereocenters. The molecule has 0 aromatic rings. The summed E-state index contributed by atoms with van der Waals surface area (Å²) < 4.78 is 11.6. The zero-order chi connectivity index (χ0) is 9.40. The normalized spacial score (nSPS) is 11.6. The average molecular weight is 175 g/mol. The van der Waals surface area contributed by atoms with Crippen LogP contribution in [0.25, 0.3) is 0 Å². The zero-order valence-corrected chi connectivity index (χ0v) is 6.92. The van der Waals surface area contributed by atoms with Gasteiger partial charge in [-0.25, -0.2) is 4.79 Å². The number of carboxylic acids is 1. The number of carbonyl (C=O) groups is 1. The number of rotatable bonds is 6. The molecule has 0 spiro atoms. The molecule has 0 aliphatic carbocycles. The lowest BCUT2D eigenvalue weighted by Crippen LogP contribution is -2.03. The predicted molar refractivity (Wildman–Crippen MR) is 44.3 cm³/mol. The number of carboxylic acid groups (broad SMARTS) is 1. The van der Waals surface area contributed by atoms with E-state index < -0.39 is 5.97 Å². The van der Waals surface area contributed by atoms with Crippen LogP contribution < -0.4 is 5.73 Å². The summed E-state index contributed by atoms with van der Waals surface area (Å²) in [6.07, 6.45) is 3.40. The van der Waals surface area contributed by atoms with Crippen molar-refractivity contribution in [1.29, 1.82) is 0 Å². The molecule has 0 amide bonds. The fourth-order valence-electron chi connectivity index (χ4n) is 0.848. The summed E-state index contributed by atoms with van der Waals surface area (Å²) in [5.74, 6) is -0.988. The molecule has 0 rings (SSSR count). The van der Waals surface area contributed by atoms with E-state index in [2.05, 4.69) is 0 Å². The molecule has 0 fully saturated rings. The number of hydrogen-bond acceptors (Lipinski definition) is 2. The Morgan fingerprint density at radius 2 is 2.08 bits per heavy atom.